The summed E-state index contributed by atoms with van der Waals surface area (Å²) >= 11 is 6.95. The molecule has 3 N–H and O–H groups in total. The Labute approximate surface area is 228 Å². The third kappa shape index (κ3) is 7.66. The summed E-state index contributed by atoms with van der Waals surface area (Å²) < 4.78 is 23.3. The fourth-order valence-electron chi connectivity index (χ4n) is 2.59. The molecule has 9 nitrogen and oxygen atoms in total. The SMILES string of the molecule is CC(C)Oc1cc(Oc2ccc(P(=O)(O)O)cc2C#N)cc(C(=O)Nc2ncc(Cl)s2)c1.[Er]. The van der Waals surface area contributed by atoms with Gasteiger partial charge in [0.15, 0.2) is 5.13 Å². The predicted octanol–water partition coefficient (Wildman–Crippen LogP) is 4.30. The summed E-state index contributed by atoms with van der Waals surface area (Å²) in [6.07, 6.45) is 1.23. The second-order valence-electron chi connectivity index (χ2n) is 6.72. The van der Waals surface area contributed by atoms with E-state index in [1.54, 1.807) is 0 Å². The number of nitrogens with zero attached hydrogens (tertiary/aromatic N) is 2. The zero-order valence-electron chi connectivity index (χ0n) is 17.1. The van der Waals surface area contributed by atoms with Crippen LogP contribution in [0.15, 0.2) is 42.6 Å². The van der Waals surface area contributed by atoms with Crippen LogP contribution in [0.4, 0.5) is 5.13 Å². The molecule has 13 heteroatoms. The molecule has 0 spiro atoms. The number of hydrogen-bond acceptors (Lipinski definition) is 7. The average molecular weight is 661 g/mol. The maximum atomic E-state index is 12.7. The van der Waals surface area contributed by atoms with Crippen molar-refractivity contribution < 1.29 is 65.9 Å². The number of halogens is 1. The van der Waals surface area contributed by atoms with Gasteiger partial charge in [0.25, 0.3) is 5.91 Å². The molecule has 0 unspecified atom stereocenters. The Morgan fingerprint density at radius 1 is 1.24 bits per heavy atom. The first-order valence-corrected chi connectivity index (χ1v) is 11.9. The number of rotatable bonds is 7. The van der Waals surface area contributed by atoms with Gasteiger partial charge in [-0.1, -0.05) is 22.9 Å². The smallest absolute Gasteiger partial charge is 0.356 e. The van der Waals surface area contributed by atoms with Gasteiger partial charge in [-0.15, -0.1) is 0 Å². The van der Waals surface area contributed by atoms with Gasteiger partial charge in [0.2, 0.25) is 0 Å². The molecule has 0 bridgehead atoms. The van der Waals surface area contributed by atoms with Crippen molar-refractivity contribution in [3.8, 4) is 23.3 Å². The standard InChI is InChI=1S/C20H17ClN3O6PS.Er/c1-11(2)29-14-5-12(19(25)24-20-23-10-18(21)32-20)6-15(8-14)30-17-4-3-16(31(26,27)28)7-13(17)9-22;/h3-8,10-11H,1-2H3,(H,23,24,25)(H2,26,27,28);. The number of hydrogen-bond donors (Lipinski definition) is 3. The predicted molar refractivity (Wildman–Crippen MR) is 120 cm³/mol. The Morgan fingerprint density at radius 3 is 2.52 bits per heavy atom. The molecule has 0 aliphatic rings. The summed E-state index contributed by atoms with van der Waals surface area (Å²) in [5.41, 5.74) is 0.124. The fraction of sp³-hybridized carbons (Fsp3) is 0.150. The Morgan fingerprint density at radius 2 is 1.94 bits per heavy atom. The van der Waals surface area contributed by atoms with Crippen LogP contribution < -0.4 is 20.1 Å². The Hall–Kier alpha value is -1.68. The number of nitrogens with one attached hydrogen (secondary N) is 1. The number of benzene rings is 2. The van der Waals surface area contributed by atoms with Gasteiger partial charge in [-0.2, -0.15) is 5.26 Å². The third-order valence-electron chi connectivity index (χ3n) is 3.86. The van der Waals surface area contributed by atoms with E-state index in [4.69, 9.17) is 21.1 Å². The molecule has 3 rings (SSSR count). The first-order valence-electron chi connectivity index (χ1n) is 9.07. The first-order chi connectivity index (χ1) is 15.0. The summed E-state index contributed by atoms with van der Waals surface area (Å²) in [6, 6.07) is 9.86. The molecule has 1 heterocycles. The van der Waals surface area contributed by atoms with Gasteiger partial charge in [0, 0.05) is 48.9 Å². The van der Waals surface area contributed by atoms with E-state index >= 15 is 0 Å². The molecule has 0 aliphatic heterocycles. The molecule has 178 valence electrons. The molecule has 0 fully saturated rings. The number of nitriles is 1. The third-order valence-corrected chi connectivity index (χ3v) is 5.84. The van der Waals surface area contributed by atoms with Crippen LogP contribution >= 0.6 is 30.5 Å². The van der Waals surface area contributed by atoms with E-state index in [9.17, 15) is 24.4 Å². The minimum atomic E-state index is -4.53. The van der Waals surface area contributed by atoms with Crippen LogP contribution in [0.25, 0.3) is 0 Å². The monoisotopic (exact) mass is 659 g/mol. The van der Waals surface area contributed by atoms with Crippen LogP contribution in [-0.4, -0.2) is 26.8 Å². The molecule has 33 heavy (non-hydrogen) atoms. The molecule has 1 amide bonds. The van der Waals surface area contributed by atoms with Crippen molar-refractivity contribution in [2.75, 3.05) is 5.32 Å². The summed E-state index contributed by atoms with van der Waals surface area (Å²) in [4.78, 5) is 35.3. The molecule has 1 aromatic heterocycles. The maximum absolute atomic E-state index is 12.7. The summed E-state index contributed by atoms with van der Waals surface area (Å²) in [6.45, 7) is 3.64. The van der Waals surface area contributed by atoms with Crippen LogP contribution in [0.5, 0.6) is 17.2 Å². The van der Waals surface area contributed by atoms with Crippen molar-refractivity contribution in [3.05, 3.63) is 58.1 Å². The van der Waals surface area contributed by atoms with Crippen LogP contribution in [0, 0.1) is 48.6 Å². The number of amides is 1. The number of thiazole rings is 1. The molecular formula is C20H17ClErN3O6PS. The van der Waals surface area contributed by atoms with Crippen molar-refractivity contribution in [2.24, 2.45) is 0 Å². The number of anilines is 1. The average Bonchev–Trinajstić information content (AvgIpc) is 3.11. The van der Waals surface area contributed by atoms with Crippen molar-refractivity contribution in [3.63, 3.8) is 0 Å². The van der Waals surface area contributed by atoms with E-state index in [1.807, 2.05) is 19.9 Å². The second kappa shape index (κ2) is 11.6. The summed E-state index contributed by atoms with van der Waals surface area (Å²) in [7, 11) is -4.53. The summed E-state index contributed by atoms with van der Waals surface area (Å²) in [5, 5.41) is 12.0. The van der Waals surface area contributed by atoms with E-state index in [0.29, 0.717) is 15.2 Å². The van der Waals surface area contributed by atoms with Crippen molar-refractivity contribution >= 4 is 46.9 Å². The molecule has 0 radical (unpaired) electrons. The fourth-order valence-corrected chi connectivity index (χ4v) is 3.96. The van der Waals surface area contributed by atoms with Gasteiger partial charge < -0.3 is 19.3 Å². The molecular weight excluding hydrogens is 644 g/mol. The van der Waals surface area contributed by atoms with Crippen molar-refractivity contribution in [1.29, 1.82) is 5.26 Å². The first kappa shape index (κ1) is 27.6. The number of carbonyl (C=O) groups is 1. The molecule has 2 aromatic carbocycles. The van der Waals surface area contributed by atoms with E-state index in [0.717, 1.165) is 17.4 Å². The van der Waals surface area contributed by atoms with Gasteiger partial charge >= 0.3 is 7.60 Å². The zero-order chi connectivity index (χ0) is 23.5. The zero-order valence-corrected chi connectivity index (χ0v) is 21.4. The molecule has 3 aromatic rings. The van der Waals surface area contributed by atoms with E-state index in [-0.39, 0.29) is 71.3 Å². The van der Waals surface area contributed by atoms with E-state index in [1.165, 1.54) is 36.5 Å². The van der Waals surface area contributed by atoms with Crippen molar-refractivity contribution in [1.82, 2.24) is 4.98 Å². The summed E-state index contributed by atoms with van der Waals surface area (Å²) in [5.74, 6) is 0.118. The molecule has 0 saturated carbocycles. The largest absolute Gasteiger partial charge is 0.491 e. The number of aromatic nitrogens is 1. The van der Waals surface area contributed by atoms with Crippen LogP contribution in [0.2, 0.25) is 4.34 Å². The quantitative estimate of drug-likeness (QED) is 0.319. The van der Waals surface area contributed by atoms with E-state index in [2.05, 4.69) is 10.3 Å². The minimum absolute atomic E-state index is 0. The number of ether oxygens (including phenoxy) is 2. The minimum Gasteiger partial charge on any atom is -0.491 e. The van der Waals surface area contributed by atoms with Gasteiger partial charge in [0.05, 0.1) is 23.2 Å². The Balaban J connectivity index is 0.00000385. The van der Waals surface area contributed by atoms with Crippen LogP contribution in [0.1, 0.15) is 29.8 Å². The Bertz CT molecular complexity index is 1260. The van der Waals surface area contributed by atoms with Crippen molar-refractivity contribution in [2.45, 2.75) is 20.0 Å². The topological polar surface area (TPSA) is 142 Å². The second-order valence-corrected chi connectivity index (χ2v) is 9.99. The number of carbonyl (C=O) groups excluding carboxylic acids is 1. The van der Waals surface area contributed by atoms with Crippen LogP contribution in [-0.2, 0) is 4.57 Å². The molecule has 0 atom stereocenters. The molecule has 0 aliphatic carbocycles. The molecule has 0 saturated heterocycles. The Kier molecular flexibility index (Phi) is 9.72. The van der Waals surface area contributed by atoms with Crippen LogP contribution in [0.3, 0.4) is 0 Å². The van der Waals surface area contributed by atoms with Gasteiger partial charge in [-0.05, 0) is 44.2 Å². The van der Waals surface area contributed by atoms with Gasteiger partial charge in [-0.3, -0.25) is 14.7 Å². The maximum Gasteiger partial charge on any atom is 0.356 e. The van der Waals surface area contributed by atoms with Gasteiger partial charge in [0.1, 0.15) is 27.7 Å². The van der Waals surface area contributed by atoms with Gasteiger partial charge in [-0.25, -0.2) is 4.98 Å². The normalized spacial score (nSPS) is 10.8. The van der Waals surface area contributed by atoms with E-state index < -0.39 is 13.5 Å².